The third kappa shape index (κ3) is 6.41. The van der Waals surface area contributed by atoms with Crippen molar-refractivity contribution in [2.45, 2.75) is 32.3 Å². The Labute approximate surface area is 99.1 Å². The first-order valence-corrected chi connectivity index (χ1v) is 5.99. The fourth-order valence-corrected chi connectivity index (χ4v) is 1.42. The number of ether oxygens (including phenoxy) is 1. The smallest absolute Gasteiger partial charge is 0.0716 e. The minimum Gasteiger partial charge on any atom is -0.377 e. The standard InChI is InChI=1S/C15H21O/c1-2-3-4-5-6-10-13-16-14-15-11-8-7-9-12-15/h4-5,7-9,11-12H,1-3,6,10,13-14H2/b5-4+. The van der Waals surface area contributed by atoms with Crippen molar-refractivity contribution in [2.24, 2.45) is 0 Å². The minimum absolute atomic E-state index is 0.726. The Hall–Kier alpha value is -1.08. The van der Waals surface area contributed by atoms with E-state index in [-0.39, 0.29) is 0 Å². The van der Waals surface area contributed by atoms with E-state index in [9.17, 15) is 0 Å². The molecule has 1 rings (SSSR count). The first-order chi connectivity index (χ1) is 7.93. The molecule has 0 aliphatic carbocycles. The largest absolute Gasteiger partial charge is 0.377 e. The van der Waals surface area contributed by atoms with E-state index >= 15 is 0 Å². The highest BCUT2D eigenvalue weighted by atomic mass is 16.5. The van der Waals surface area contributed by atoms with Gasteiger partial charge in [0.15, 0.2) is 0 Å². The van der Waals surface area contributed by atoms with Gasteiger partial charge >= 0.3 is 0 Å². The average molecular weight is 217 g/mol. The summed E-state index contributed by atoms with van der Waals surface area (Å²) in [5.74, 6) is 0. The van der Waals surface area contributed by atoms with Gasteiger partial charge in [0.05, 0.1) is 6.61 Å². The van der Waals surface area contributed by atoms with Crippen molar-refractivity contribution in [1.29, 1.82) is 0 Å². The summed E-state index contributed by atoms with van der Waals surface area (Å²) < 4.78 is 5.58. The second-order valence-electron chi connectivity index (χ2n) is 3.79. The number of hydrogen-bond acceptors (Lipinski definition) is 1. The lowest BCUT2D eigenvalue weighted by atomic mass is 10.2. The van der Waals surface area contributed by atoms with Crippen molar-refractivity contribution in [1.82, 2.24) is 0 Å². The van der Waals surface area contributed by atoms with Crippen molar-refractivity contribution < 1.29 is 4.74 Å². The van der Waals surface area contributed by atoms with E-state index in [0.717, 1.165) is 38.9 Å². The lowest BCUT2D eigenvalue weighted by molar-refractivity contribution is 0.119. The van der Waals surface area contributed by atoms with E-state index in [1.54, 1.807) is 0 Å². The fraction of sp³-hybridized carbons (Fsp3) is 0.400. The zero-order valence-corrected chi connectivity index (χ0v) is 9.90. The van der Waals surface area contributed by atoms with Gasteiger partial charge in [-0.3, -0.25) is 0 Å². The van der Waals surface area contributed by atoms with Crippen LogP contribution in [0, 0.1) is 6.92 Å². The lowest BCUT2D eigenvalue weighted by Gasteiger charge is -2.02. The number of unbranched alkanes of at least 4 members (excludes halogenated alkanes) is 2. The summed E-state index contributed by atoms with van der Waals surface area (Å²) in [5.41, 5.74) is 1.25. The molecule has 0 amide bonds. The monoisotopic (exact) mass is 217 g/mol. The van der Waals surface area contributed by atoms with Crippen LogP contribution in [0.1, 0.15) is 31.2 Å². The number of allylic oxidation sites excluding steroid dienone is 2. The zero-order chi connectivity index (χ0) is 11.5. The number of hydrogen-bond donors (Lipinski definition) is 0. The molecular weight excluding hydrogens is 196 g/mol. The molecule has 87 valence electrons. The van der Waals surface area contributed by atoms with Gasteiger partial charge in [-0.15, -0.1) is 0 Å². The highest BCUT2D eigenvalue weighted by molar-refractivity contribution is 5.13. The van der Waals surface area contributed by atoms with E-state index in [4.69, 9.17) is 4.74 Å². The zero-order valence-electron chi connectivity index (χ0n) is 9.90. The van der Waals surface area contributed by atoms with Crippen molar-refractivity contribution in [2.75, 3.05) is 6.61 Å². The van der Waals surface area contributed by atoms with Crippen molar-refractivity contribution in [3.8, 4) is 0 Å². The van der Waals surface area contributed by atoms with Gasteiger partial charge in [-0.05, 0) is 31.2 Å². The molecule has 0 fully saturated rings. The van der Waals surface area contributed by atoms with Crippen LogP contribution < -0.4 is 0 Å². The van der Waals surface area contributed by atoms with Crippen molar-refractivity contribution in [3.05, 3.63) is 55.0 Å². The molecule has 0 aliphatic heterocycles. The predicted molar refractivity (Wildman–Crippen MR) is 69.1 cm³/mol. The van der Waals surface area contributed by atoms with Crippen LogP contribution in [0.2, 0.25) is 0 Å². The summed E-state index contributed by atoms with van der Waals surface area (Å²) in [6.45, 7) is 5.35. The lowest BCUT2D eigenvalue weighted by Crippen LogP contribution is -1.94. The Balaban J connectivity index is 1.96. The molecular formula is C15H21O. The molecule has 1 aromatic carbocycles. The van der Waals surface area contributed by atoms with Crippen LogP contribution in [0.15, 0.2) is 42.5 Å². The van der Waals surface area contributed by atoms with Gasteiger partial charge in [0.1, 0.15) is 0 Å². The van der Waals surface area contributed by atoms with Gasteiger partial charge in [0, 0.05) is 6.61 Å². The summed E-state index contributed by atoms with van der Waals surface area (Å²) in [6, 6.07) is 10.3. The summed E-state index contributed by atoms with van der Waals surface area (Å²) in [4.78, 5) is 0. The summed E-state index contributed by atoms with van der Waals surface area (Å²) in [7, 11) is 0. The van der Waals surface area contributed by atoms with Crippen LogP contribution in [0.5, 0.6) is 0 Å². The highest BCUT2D eigenvalue weighted by Gasteiger charge is 1.90. The van der Waals surface area contributed by atoms with Gasteiger partial charge < -0.3 is 4.74 Å². The van der Waals surface area contributed by atoms with Gasteiger partial charge in [0.2, 0.25) is 0 Å². The second-order valence-corrected chi connectivity index (χ2v) is 3.79. The van der Waals surface area contributed by atoms with E-state index in [1.165, 1.54) is 5.56 Å². The third-order valence-electron chi connectivity index (χ3n) is 2.31. The molecule has 1 heteroatoms. The van der Waals surface area contributed by atoms with Gasteiger partial charge in [0.25, 0.3) is 0 Å². The molecule has 16 heavy (non-hydrogen) atoms. The quantitative estimate of drug-likeness (QED) is 0.469. The number of benzene rings is 1. The molecule has 1 radical (unpaired) electrons. The van der Waals surface area contributed by atoms with Crippen molar-refractivity contribution >= 4 is 0 Å². The molecule has 0 spiro atoms. The Morgan fingerprint density at radius 2 is 1.81 bits per heavy atom. The Bertz CT molecular complexity index is 277. The minimum atomic E-state index is 0.726. The molecule has 0 aromatic heterocycles. The molecule has 0 atom stereocenters. The topological polar surface area (TPSA) is 9.23 Å². The van der Waals surface area contributed by atoms with Gasteiger partial charge in [-0.2, -0.15) is 0 Å². The van der Waals surface area contributed by atoms with Crippen LogP contribution in [0.4, 0.5) is 0 Å². The third-order valence-corrected chi connectivity index (χ3v) is 2.31. The van der Waals surface area contributed by atoms with Gasteiger partial charge in [-0.25, -0.2) is 0 Å². The average Bonchev–Trinajstić information content (AvgIpc) is 2.34. The van der Waals surface area contributed by atoms with Gasteiger partial charge in [-0.1, -0.05) is 49.4 Å². The van der Waals surface area contributed by atoms with E-state index < -0.39 is 0 Å². The Morgan fingerprint density at radius 1 is 1.06 bits per heavy atom. The molecule has 0 heterocycles. The maximum Gasteiger partial charge on any atom is 0.0716 e. The SMILES string of the molecule is [CH2]CC/C=C/CCCOCc1ccccc1. The maximum atomic E-state index is 5.58. The van der Waals surface area contributed by atoms with Crippen LogP contribution in [0.25, 0.3) is 0 Å². The Kier molecular flexibility index (Phi) is 7.44. The van der Waals surface area contributed by atoms with Crippen LogP contribution in [-0.4, -0.2) is 6.61 Å². The molecule has 0 aliphatic rings. The molecule has 1 nitrogen and oxygen atoms in total. The number of rotatable bonds is 8. The predicted octanol–water partition coefficient (Wildman–Crippen LogP) is 4.15. The van der Waals surface area contributed by atoms with Crippen LogP contribution >= 0.6 is 0 Å². The molecule has 0 bridgehead atoms. The molecule has 0 N–H and O–H groups in total. The highest BCUT2D eigenvalue weighted by Crippen LogP contribution is 2.02. The first kappa shape index (κ1) is 13.0. The summed E-state index contributed by atoms with van der Waals surface area (Å²) in [6.07, 6.45) is 8.70. The van der Waals surface area contributed by atoms with E-state index in [1.807, 2.05) is 18.2 Å². The molecule has 0 saturated heterocycles. The van der Waals surface area contributed by atoms with Crippen molar-refractivity contribution in [3.63, 3.8) is 0 Å². The second kappa shape index (κ2) is 9.17. The molecule has 1 aromatic rings. The summed E-state index contributed by atoms with van der Waals surface area (Å²) in [5, 5.41) is 0. The molecule has 0 unspecified atom stereocenters. The van der Waals surface area contributed by atoms with E-state index in [0.29, 0.717) is 0 Å². The molecule has 0 saturated carbocycles. The van der Waals surface area contributed by atoms with E-state index in [2.05, 4.69) is 31.2 Å². The summed E-state index contributed by atoms with van der Waals surface area (Å²) >= 11 is 0. The van der Waals surface area contributed by atoms with Crippen LogP contribution in [-0.2, 0) is 11.3 Å². The normalized spacial score (nSPS) is 11.1. The van der Waals surface area contributed by atoms with Crippen LogP contribution in [0.3, 0.4) is 0 Å². The fourth-order valence-electron chi connectivity index (χ4n) is 1.42. The Morgan fingerprint density at radius 3 is 2.56 bits per heavy atom. The first-order valence-electron chi connectivity index (χ1n) is 5.99. The maximum absolute atomic E-state index is 5.58.